The Balaban J connectivity index is 2.85. The van der Waals surface area contributed by atoms with Crippen molar-refractivity contribution in [1.82, 2.24) is 0 Å². The van der Waals surface area contributed by atoms with E-state index in [0.29, 0.717) is 18.4 Å². The molecule has 0 aliphatic heterocycles. The number of rotatable bonds is 4. The Labute approximate surface area is 88.3 Å². The molecule has 0 saturated carbocycles. The Kier molecular flexibility index (Phi) is 3.81. The third kappa shape index (κ3) is 3.06. The van der Waals surface area contributed by atoms with Crippen LogP contribution in [-0.4, -0.2) is 4.92 Å². The molecule has 0 fully saturated rings. The molecule has 4 heteroatoms. The molecule has 0 aliphatic rings. The van der Waals surface area contributed by atoms with Gasteiger partial charge in [-0.1, -0.05) is 25.1 Å². The average molecular weight is 204 g/mol. The Bertz CT molecular complexity index is 396. The third-order valence-corrected chi connectivity index (χ3v) is 2.20. The summed E-state index contributed by atoms with van der Waals surface area (Å²) in [6.45, 7) is 1.92. The highest BCUT2D eigenvalue weighted by atomic mass is 16.6. The number of nitriles is 1. The monoisotopic (exact) mass is 204 g/mol. The lowest BCUT2D eigenvalue weighted by Crippen LogP contribution is -2.02. The second kappa shape index (κ2) is 5.11. The van der Waals surface area contributed by atoms with Crippen LogP contribution in [0.4, 0.5) is 5.69 Å². The van der Waals surface area contributed by atoms with Gasteiger partial charge in [0.1, 0.15) is 0 Å². The minimum absolute atomic E-state index is 0.141. The summed E-state index contributed by atoms with van der Waals surface area (Å²) in [5.41, 5.74) is 0.840. The standard InChI is InChI=1S/C11H12N2O2/c1-9(6-7-12)8-10-4-2-3-5-11(10)13(14)15/h2-5,9H,6,8H2,1H3. The Morgan fingerprint density at radius 2 is 2.20 bits per heavy atom. The van der Waals surface area contributed by atoms with Crippen LogP contribution in [0.3, 0.4) is 0 Å². The molecule has 1 aromatic rings. The van der Waals surface area contributed by atoms with Gasteiger partial charge in [0, 0.05) is 18.1 Å². The SMILES string of the molecule is CC(CC#N)Cc1ccccc1[N+](=O)[O-]. The first-order chi connectivity index (χ1) is 7.15. The lowest BCUT2D eigenvalue weighted by atomic mass is 9.97. The number of nitro benzene ring substituents is 1. The quantitative estimate of drug-likeness (QED) is 0.559. The van der Waals surface area contributed by atoms with Gasteiger partial charge in [-0.15, -0.1) is 0 Å². The summed E-state index contributed by atoms with van der Waals surface area (Å²) in [6.07, 6.45) is 0.997. The zero-order chi connectivity index (χ0) is 11.3. The summed E-state index contributed by atoms with van der Waals surface area (Å²) < 4.78 is 0. The molecule has 78 valence electrons. The van der Waals surface area contributed by atoms with Crippen LogP contribution < -0.4 is 0 Å². The smallest absolute Gasteiger partial charge is 0.258 e. The molecular formula is C11H12N2O2. The summed E-state index contributed by atoms with van der Waals surface area (Å²) in [5, 5.41) is 19.2. The molecular weight excluding hydrogens is 192 g/mol. The highest BCUT2D eigenvalue weighted by Crippen LogP contribution is 2.21. The van der Waals surface area contributed by atoms with Crippen molar-refractivity contribution in [2.75, 3.05) is 0 Å². The number of hydrogen-bond acceptors (Lipinski definition) is 3. The molecule has 0 bridgehead atoms. The van der Waals surface area contributed by atoms with E-state index in [0.717, 1.165) is 0 Å². The van der Waals surface area contributed by atoms with E-state index in [-0.39, 0.29) is 16.5 Å². The van der Waals surface area contributed by atoms with Crippen molar-refractivity contribution in [3.05, 3.63) is 39.9 Å². The van der Waals surface area contributed by atoms with E-state index in [2.05, 4.69) is 6.07 Å². The molecule has 1 atom stereocenters. The zero-order valence-electron chi connectivity index (χ0n) is 8.51. The average Bonchev–Trinajstić information content (AvgIpc) is 2.18. The van der Waals surface area contributed by atoms with Crippen LogP contribution >= 0.6 is 0 Å². The molecule has 1 rings (SSSR count). The van der Waals surface area contributed by atoms with Crippen LogP contribution in [0.1, 0.15) is 18.9 Å². The normalized spacial score (nSPS) is 11.7. The van der Waals surface area contributed by atoms with E-state index in [1.807, 2.05) is 6.92 Å². The molecule has 15 heavy (non-hydrogen) atoms. The van der Waals surface area contributed by atoms with Gasteiger partial charge in [0.05, 0.1) is 11.0 Å². The predicted molar refractivity (Wildman–Crippen MR) is 56.2 cm³/mol. The van der Waals surface area contributed by atoms with Crippen LogP contribution in [0.15, 0.2) is 24.3 Å². The second-order valence-electron chi connectivity index (χ2n) is 3.56. The minimum atomic E-state index is -0.381. The maximum atomic E-state index is 10.7. The van der Waals surface area contributed by atoms with Gasteiger partial charge in [-0.3, -0.25) is 10.1 Å². The Hall–Kier alpha value is -1.89. The summed E-state index contributed by atoms with van der Waals surface area (Å²) in [6, 6.07) is 8.73. The van der Waals surface area contributed by atoms with E-state index in [1.165, 1.54) is 6.07 Å². The third-order valence-electron chi connectivity index (χ3n) is 2.20. The number of nitrogens with zero attached hydrogens (tertiary/aromatic N) is 2. The van der Waals surface area contributed by atoms with Gasteiger partial charge < -0.3 is 0 Å². The van der Waals surface area contributed by atoms with E-state index in [9.17, 15) is 10.1 Å². The van der Waals surface area contributed by atoms with E-state index >= 15 is 0 Å². The first-order valence-electron chi connectivity index (χ1n) is 4.74. The summed E-state index contributed by atoms with van der Waals surface area (Å²) in [4.78, 5) is 10.3. The van der Waals surface area contributed by atoms with Crippen LogP contribution in [0.2, 0.25) is 0 Å². The number of hydrogen-bond donors (Lipinski definition) is 0. The molecule has 0 spiro atoms. The Morgan fingerprint density at radius 1 is 1.53 bits per heavy atom. The van der Waals surface area contributed by atoms with Crippen molar-refractivity contribution >= 4 is 5.69 Å². The van der Waals surface area contributed by atoms with Crippen LogP contribution in [0.5, 0.6) is 0 Å². The van der Waals surface area contributed by atoms with E-state index in [4.69, 9.17) is 5.26 Å². The van der Waals surface area contributed by atoms with Crippen molar-refractivity contribution in [3.63, 3.8) is 0 Å². The minimum Gasteiger partial charge on any atom is -0.258 e. The number of para-hydroxylation sites is 1. The van der Waals surface area contributed by atoms with Crippen molar-refractivity contribution in [2.45, 2.75) is 19.8 Å². The maximum Gasteiger partial charge on any atom is 0.272 e. The van der Waals surface area contributed by atoms with E-state index < -0.39 is 0 Å². The molecule has 0 radical (unpaired) electrons. The van der Waals surface area contributed by atoms with Crippen LogP contribution in [0.25, 0.3) is 0 Å². The van der Waals surface area contributed by atoms with E-state index in [1.54, 1.807) is 18.2 Å². The number of benzene rings is 1. The molecule has 0 N–H and O–H groups in total. The molecule has 0 heterocycles. The van der Waals surface area contributed by atoms with Crippen LogP contribution in [-0.2, 0) is 6.42 Å². The molecule has 4 nitrogen and oxygen atoms in total. The highest BCUT2D eigenvalue weighted by Gasteiger charge is 2.14. The summed E-state index contributed by atoms with van der Waals surface area (Å²) >= 11 is 0. The van der Waals surface area contributed by atoms with Crippen molar-refractivity contribution in [3.8, 4) is 6.07 Å². The fraction of sp³-hybridized carbons (Fsp3) is 0.364. The van der Waals surface area contributed by atoms with Crippen molar-refractivity contribution in [1.29, 1.82) is 5.26 Å². The van der Waals surface area contributed by atoms with Crippen molar-refractivity contribution < 1.29 is 4.92 Å². The van der Waals surface area contributed by atoms with Gasteiger partial charge in [-0.05, 0) is 12.3 Å². The van der Waals surface area contributed by atoms with Crippen LogP contribution in [0, 0.1) is 27.4 Å². The van der Waals surface area contributed by atoms with Gasteiger partial charge in [0.2, 0.25) is 0 Å². The fourth-order valence-corrected chi connectivity index (χ4v) is 1.46. The zero-order valence-corrected chi connectivity index (χ0v) is 8.51. The number of nitro groups is 1. The van der Waals surface area contributed by atoms with Gasteiger partial charge in [0.25, 0.3) is 5.69 Å². The molecule has 0 aliphatic carbocycles. The molecule has 0 amide bonds. The van der Waals surface area contributed by atoms with Gasteiger partial charge in [0.15, 0.2) is 0 Å². The molecule has 1 aromatic carbocycles. The second-order valence-corrected chi connectivity index (χ2v) is 3.56. The maximum absolute atomic E-state index is 10.7. The lowest BCUT2D eigenvalue weighted by molar-refractivity contribution is -0.385. The molecule has 0 saturated heterocycles. The fourth-order valence-electron chi connectivity index (χ4n) is 1.46. The predicted octanol–water partition coefficient (Wildman–Crippen LogP) is 2.69. The largest absolute Gasteiger partial charge is 0.272 e. The first-order valence-corrected chi connectivity index (χ1v) is 4.74. The Morgan fingerprint density at radius 3 is 2.80 bits per heavy atom. The van der Waals surface area contributed by atoms with Gasteiger partial charge >= 0.3 is 0 Å². The van der Waals surface area contributed by atoms with Gasteiger partial charge in [-0.25, -0.2) is 0 Å². The molecule has 1 unspecified atom stereocenters. The highest BCUT2D eigenvalue weighted by molar-refractivity contribution is 5.39. The molecule has 0 aromatic heterocycles. The van der Waals surface area contributed by atoms with Gasteiger partial charge in [-0.2, -0.15) is 5.26 Å². The van der Waals surface area contributed by atoms with Crippen molar-refractivity contribution in [2.24, 2.45) is 5.92 Å². The first kappa shape index (κ1) is 11.2. The summed E-state index contributed by atoms with van der Waals surface area (Å²) in [5.74, 6) is 0.149. The topological polar surface area (TPSA) is 66.9 Å². The summed E-state index contributed by atoms with van der Waals surface area (Å²) in [7, 11) is 0. The lowest BCUT2D eigenvalue weighted by Gasteiger charge is -2.06.